The molecule has 5 heteroatoms. The predicted octanol–water partition coefficient (Wildman–Crippen LogP) is 0.186. The molecule has 0 spiro atoms. The smallest absolute Gasteiger partial charge is 0.225 e. The standard InChI is InChI=1S/C13H18N4O/c1-17-7-8(6-16-17)5-15-13(18)11-9-2-3-10(4-9)12(11)14/h2-3,6-7,9-12H,4-5,14H2,1H3,(H,15,18)/t9-,10+,11-,12+/m1/s1. The van der Waals surface area contributed by atoms with Crippen molar-refractivity contribution in [2.24, 2.45) is 30.5 Å². The lowest BCUT2D eigenvalue weighted by Gasteiger charge is -2.23. The van der Waals surface area contributed by atoms with Crippen LogP contribution in [0.2, 0.25) is 0 Å². The van der Waals surface area contributed by atoms with Crippen LogP contribution in [0.25, 0.3) is 0 Å². The average Bonchev–Trinajstić information content (AvgIpc) is 3.02. The molecule has 18 heavy (non-hydrogen) atoms. The third-order valence-corrected chi connectivity index (χ3v) is 4.05. The molecule has 0 unspecified atom stereocenters. The third-order valence-electron chi connectivity index (χ3n) is 4.05. The number of rotatable bonds is 3. The van der Waals surface area contributed by atoms with Crippen LogP contribution >= 0.6 is 0 Å². The van der Waals surface area contributed by atoms with E-state index in [1.807, 2.05) is 13.2 Å². The number of aryl methyl sites for hydroxylation is 1. The highest BCUT2D eigenvalue weighted by atomic mass is 16.1. The molecule has 1 amide bonds. The number of amides is 1. The van der Waals surface area contributed by atoms with E-state index < -0.39 is 0 Å². The SMILES string of the molecule is Cn1cc(CNC(=O)[C@H]2[C@@H](N)[C@H]3C=C[C@@H]2C3)cn1. The first-order chi connectivity index (χ1) is 8.65. The summed E-state index contributed by atoms with van der Waals surface area (Å²) in [5.41, 5.74) is 7.12. The molecule has 0 aromatic carbocycles. The van der Waals surface area contributed by atoms with Crippen molar-refractivity contribution in [2.45, 2.75) is 19.0 Å². The van der Waals surface area contributed by atoms with Crippen LogP contribution in [0.1, 0.15) is 12.0 Å². The van der Waals surface area contributed by atoms with E-state index in [1.54, 1.807) is 10.9 Å². The Hall–Kier alpha value is -1.62. The molecule has 2 aliphatic carbocycles. The second-order valence-corrected chi connectivity index (χ2v) is 5.29. The number of hydrogen-bond donors (Lipinski definition) is 2. The number of carbonyl (C=O) groups is 1. The topological polar surface area (TPSA) is 72.9 Å². The summed E-state index contributed by atoms with van der Waals surface area (Å²) in [7, 11) is 1.86. The molecule has 0 aliphatic heterocycles. The van der Waals surface area contributed by atoms with Crippen molar-refractivity contribution in [1.29, 1.82) is 0 Å². The minimum absolute atomic E-state index is 0.0195. The van der Waals surface area contributed by atoms with Gasteiger partial charge >= 0.3 is 0 Å². The molecule has 96 valence electrons. The van der Waals surface area contributed by atoms with Gasteiger partial charge in [0.05, 0.1) is 12.1 Å². The normalized spacial score (nSPS) is 33.0. The Labute approximate surface area is 106 Å². The van der Waals surface area contributed by atoms with Gasteiger partial charge < -0.3 is 11.1 Å². The number of nitrogens with zero attached hydrogens (tertiary/aromatic N) is 2. The van der Waals surface area contributed by atoms with Crippen molar-refractivity contribution in [2.75, 3.05) is 0 Å². The van der Waals surface area contributed by atoms with Crippen molar-refractivity contribution < 1.29 is 4.79 Å². The monoisotopic (exact) mass is 246 g/mol. The van der Waals surface area contributed by atoms with Crippen LogP contribution in [0.3, 0.4) is 0 Å². The molecule has 0 radical (unpaired) electrons. The first kappa shape index (κ1) is 11.5. The van der Waals surface area contributed by atoms with Gasteiger partial charge in [-0.25, -0.2) is 0 Å². The van der Waals surface area contributed by atoms with Gasteiger partial charge in [0.25, 0.3) is 0 Å². The molecule has 1 heterocycles. The van der Waals surface area contributed by atoms with Gasteiger partial charge in [-0.3, -0.25) is 9.48 Å². The van der Waals surface area contributed by atoms with Gasteiger partial charge in [-0.05, 0) is 18.3 Å². The zero-order valence-electron chi connectivity index (χ0n) is 10.4. The largest absolute Gasteiger partial charge is 0.352 e. The van der Waals surface area contributed by atoms with Crippen molar-refractivity contribution in [3.05, 3.63) is 30.1 Å². The summed E-state index contributed by atoms with van der Waals surface area (Å²) in [4.78, 5) is 12.2. The molecule has 1 aromatic heterocycles. The zero-order valence-corrected chi connectivity index (χ0v) is 10.4. The number of fused-ring (bicyclic) bond motifs is 2. The Kier molecular flexibility index (Phi) is 2.70. The summed E-state index contributed by atoms with van der Waals surface area (Å²) in [6, 6.07) is -0.0195. The first-order valence-corrected chi connectivity index (χ1v) is 6.34. The lowest BCUT2D eigenvalue weighted by atomic mass is 9.89. The number of aromatic nitrogens is 2. The van der Waals surface area contributed by atoms with Gasteiger partial charge in [0, 0.05) is 31.4 Å². The minimum atomic E-state index is -0.0586. The molecule has 2 bridgehead atoms. The van der Waals surface area contributed by atoms with Gasteiger partial charge in [-0.1, -0.05) is 12.2 Å². The van der Waals surface area contributed by atoms with Crippen LogP contribution in [-0.4, -0.2) is 21.7 Å². The summed E-state index contributed by atoms with van der Waals surface area (Å²) < 4.78 is 1.73. The fourth-order valence-corrected chi connectivity index (χ4v) is 3.10. The Bertz CT molecular complexity index is 493. The van der Waals surface area contributed by atoms with Crippen LogP contribution in [-0.2, 0) is 18.4 Å². The van der Waals surface area contributed by atoms with Crippen LogP contribution in [0.4, 0.5) is 0 Å². The molecule has 5 nitrogen and oxygen atoms in total. The molecular formula is C13H18N4O. The first-order valence-electron chi connectivity index (χ1n) is 6.34. The summed E-state index contributed by atoms with van der Waals surface area (Å²) in [5.74, 6) is 0.739. The van der Waals surface area contributed by atoms with E-state index in [1.165, 1.54) is 0 Å². The quantitative estimate of drug-likeness (QED) is 0.748. The summed E-state index contributed by atoms with van der Waals surface area (Å²) in [6.07, 6.45) is 9.00. The van der Waals surface area contributed by atoms with Crippen molar-refractivity contribution in [3.8, 4) is 0 Å². The van der Waals surface area contributed by atoms with E-state index in [0.717, 1.165) is 12.0 Å². The molecule has 1 saturated carbocycles. The molecule has 1 aromatic rings. The number of allylic oxidation sites excluding steroid dienone is 1. The van der Waals surface area contributed by atoms with Crippen LogP contribution in [0.5, 0.6) is 0 Å². The molecule has 2 aliphatic rings. The van der Waals surface area contributed by atoms with Crippen LogP contribution in [0, 0.1) is 17.8 Å². The minimum Gasteiger partial charge on any atom is -0.352 e. The molecule has 3 N–H and O–H groups in total. The highest BCUT2D eigenvalue weighted by Gasteiger charge is 2.46. The fraction of sp³-hybridized carbons (Fsp3) is 0.538. The second kappa shape index (κ2) is 4.24. The Balaban J connectivity index is 1.60. The lowest BCUT2D eigenvalue weighted by molar-refractivity contribution is -0.126. The fourth-order valence-electron chi connectivity index (χ4n) is 3.10. The molecular weight excluding hydrogens is 228 g/mol. The van der Waals surface area contributed by atoms with Gasteiger partial charge in [-0.2, -0.15) is 5.10 Å². The van der Waals surface area contributed by atoms with Crippen LogP contribution in [0.15, 0.2) is 24.5 Å². The van der Waals surface area contributed by atoms with E-state index in [9.17, 15) is 4.79 Å². The summed E-state index contributed by atoms with van der Waals surface area (Å²) in [5, 5.41) is 7.04. The van der Waals surface area contributed by atoms with E-state index in [-0.39, 0.29) is 17.9 Å². The van der Waals surface area contributed by atoms with Gasteiger partial charge in [-0.15, -0.1) is 0 Å². The Morgan fingerprint density at radius 3 is 2.94 bits per heavy atom. The van der Waals surface area contributed by atoms with E-state index in [2.05, 4.69) is 22.6 Å². The maximum absolute atomic E-state index is 12.2. The highest BCUT2D eigenvalue weighted by molar-refractivity contribution is 5.80. The van der Waals surface area contributed by atoms with Gasteiger partial charge in [0.2, 0.25) is 5.91 Å². The van der Waals surface area contributed by atoms with Crippen molar-refractivity contribution in [1.82, 2.24) is 15.1 Å². The van der Waals surface area contributed by atoms with Crippen molar-refractivity contribution in [3.63, 3.8) is 0 Å². The predicted molar refractivity (Wildman–Crippen MR) is 67.3 cm³/mol. The molecule has 0 saturated heterocycles. The molecule has 3 rings (SSSR count). The maximum atomic E-state index is 12.2. The average molecular weight is 246 g/mol. The van der Waals surface area contributed by atoms with E-state index >= 15 is 0 Å². The summed E-state index contributed by atoms with van der Waals surface area (Å²) in [6.45, 7) is 0.525. The summed E-state index contributed by atoms with van der Waals surface area (Å²) >= 11 is 0. The number of hydrogen-bond acceptors (Lipinski definition) is 3. The zero-order chi connectivity index (χ0) is 12.7. The molecule has 1 fully saturated rings. The van der Waals surface area contributed by atoms with E-state index in [4.69, 9.17) is 5.73 Å². The van der Waals surface area contributed by atoms with E-state index in [0.29, 0.717) is 18.4 Å². The van der Waals surface area contributed by atoms with Crippen LogP contribution < -0.4 is 11.1 Å². The van der Waals surface area contributed by atoms with Crippen molar-refractivity contribution >= 4 is 5.91 Å². The van der Waals surface area contributed by atoms with Gasteiger partial charge in [0.15, 0.2) is 0 Å². The maximum Gasteiger partial charge on any atom is 0.225 e. The second-order valence-electron chi connectivity index (χ2n) is 5.29. The number of nitrogens with one attached hydrogen (secondary N) is 1. The number of carbonyl (C=O) groups excluding carboxylic acids is 1. The lowest BCUT2D eigenvalue weighted by Crippen LogP contribution is -2.43. The Morgan fingerprint density at radius 2 is 2.33 bits per heavy atom. The third kappa shape index (κ3) is 1.84. The number of nitrogens with two attached hydrogens (primary N) is 1. The highest BCUT2D eigenvalue weighted by Crippen LogP contribution is 2.42. The van der Waals surface area contributed by atoms with Gasteiger partial charge in [0.1, 0.15) is 0 Å². The Morgan fingerprint density at radius 1 is 1.56 bits per heavy atom. The molecule has 4 atom stereocenters.